The zero-order chi connectivity index (χ0) is 24.6. The minimum Gasteiger partial charge on any atom is -0.508 e. The highest BCUT2D eigenvalue weighted by Crippen LogP contribution is 2.36. The summed E-state index contributed by atoms with van der Waals surface area (Å²) >= 11 is 0. The minimum absolute atomic E-state index is 0.0119. The standard InChI is InChI=1S/C23H22O11/c1-10(24)31-9-16-20(28)21(29)22(30)23(34-16)33-15-7-6-14-17(19(15)27)18(26)13(8-32-14)11-2-4-12(25)5-3-11/h2-8,16,20-23,25,27-30H,9H2,1H3/t16-,20-,21+,22-,23-/m1/s1. The molecule has 11 heteroatoms. The Morgan fingerprint density at radius 3 is 2.38 bits per heavy atom. The predicted molar refractivity (Wildman–Crippen MR) is 115 cm³/mol. The summed E-state index contributed by atoms with van der Waals surface area (Å²) in [6, 6.07) is 8.44. The molecule has 5 N–H and O–H groups in total. The molecule has 0 unspecified atom stereocenters. The first-order valence-electron chi connectivity index (χ1n) is 10.2. The van der Waals surface area contributed by atoms with Crippen molar-refractivity contribution in [2.24, 2.45) is 0 Å². The van der Waals surface area contributed by atoms with Crippen LogP contribution in [-0.2, 0) is 14.3 Å². The van der Waals surface area contributed by atoms with Gasteiger partial charge in [0, 0.05) is 6.92 Å². The Bertz CT molecular complexity index is 1250. The fourth-order valence-electron chi connectivity index (χ4n) is 3.59. The minimum atomic E-state index is -1.72. The number of benzene rings is 2. The van der Waals surface area contributed by atoms with Crippen LogP contribution in [0.25, 0.3) is 22.1 Å². The van der Waals surface area contributed by atoms with Crippen molar-refractivity contribution >= 4 is 16.9 Å². The number of rotatable bonds is 5. The summed E-state index contributed by atoms with van der Waals surface area (Å²) in [6.45, 7) is 0.739. The molecule has 1 aliphatic heterocycles. The lowest BCUT2D eigenvalue weighted by Gasteiger charge is -2.39. The molecular weight excluding hydrogens is 452 g/mol. The second kappa shape index (κ2) is 9.31. The molecule has 0 saturated carbocycles. The molecule has 1 aromatic heterocycles. The Hall–Kier alpha value is -3.64. The highest BCUT2D eigenvalue weighted by Gasteiger charge is 2.45. The first kappa shape index (κ1) is 23.5. The Labute approximate surface area is 192 Å². The van der Waals surface area contributed by atoms with Crippen molar-refractivity contribution in [1.82, 2.24) is 0 Å². The van der Waals surface area contributed by atoms with Gasteiger partial charge in [-0.2, -0.15) is 0 Å². The average Bonchev–Trinajstić information content (AvgIpc) is 2.81. The molecule has 1 aliphatic rings. The molecule has 34 heavy (non-hydrogen) atoms. The van der Waals surface area contributed by atoms with E-state index < -0.39 is 54.5 Å². The molecule has 1 saturated heterocycles. The van der Waals surface area contributed by atoms with E-state index in [2.05, 4.69) is 0 Å². The van der Waals surface area contributed by atoms with E-state index in [9.17, 15) is 35.1 Å². The highest BCUT2D eigenvalue weighted by molar-refractivity contribution is 5.89. The zero-order valence-corrected chi connectivity index (χ0v) is 17.8. The third-order valence-corrected chi connectivity index (χ3v) is 5.42. The number of carbonyl (C=O) groups is 1. The Morgan fingerprint density at radius 1 is 1.00 bits per heavy atom. The van der Waals surface area contributed by atoms with Crippen LogP contribution in [0, 0.1) is 0 Å². The summed E-state index contributed by atoms with van der Waals surface area (Å²) in [5.41, 5.74) is 0.0402. The van der Waals surface area contributed by atoms with Gasteiger partial charge in [-0.25, -0.2) is 0 Å². The number of hydrogen-bond donors (Lipinski definition) is 5. The molecule has 1 fully saturated rings. The lowest BCUT2D eigenvalue weighted by atomic mass is 9.99. The van der Waals surface area contributed by atoms with Gasteiger partial charge in [-0.3, -0.25) is 9.59 Å². The van der Waals surface area contributed by atoms with E-state index in [4.69, 9.17) is 18.6 Å². The average molecular weight is 474 g/mol. The van der Waals surface area contributed by atoms with Crippen LogP contribution in [0.5, 0.6) is 17.2 Å². The maximum Gasteiger partial charge on any atom is 0.302 e. The van der Waals surface area contributed by atoms with Gasteiger partial charge in [0.1, 0.15) is 54.0 Å². The lowest BCUT2D eigenvalue weighted by molar-refractivity contribution is -0.278. The molecule has 0 spiro atoms. The number of aliphatic hydroxyl groups is 3. The first-order valence-corrected chi connectivity index (χ1v) is 10.2. The third-order valence-electron chi connectivity index (χ3n) is 5.42. The van der Waals surface area contributed by atoms with Gasteiger partial charge in [0.2, 0.25) is 11.7 Å². The Morgan fingerprint density at radius 2 is 1.71 bits per heavy atom. The molecule has 4 rings (SSSR count). The van der Waals surface area contributed by atoms with Gasteiger partial charge in [0.05, 0.1) is 5.56 Å². The molecule has 5 atom stereocenters. The Balaban J connectivity index is 1.67. The maximum atomic E-state index is 13.1. The second-order valence-electron chi connectivity index (χ2n) is 7.75. The third kappa shape index (κ3) is 4.41. The Kier molecular flexibility index (Phi) is 6.44. The van der Waals surface area contributed by atoms with E-state index >= 15 is 0 Å². The summed E-state index contributed by atoms with van der Waals surface area (Å²) in [5.74, 6) is -1.49. The molecule has 3 aromatic rings. The van der Waals surface area contributed by atoms with Crippen LogP contribution in [-0.4, -0.2) is 68.8 Å². The van der Waals surface area contributed by atoms with Crippen LogP contribution in [0.3, 0.4) is 0 Å². The predicted octanol–water partition coefficient (Wildman–Crippen LogP) is 0.621. The van der Waals surface area contributed by atoms with Crippen molar-refractivity contribution < 1.29 is 49.0 Å². The summed E-state index contributed by atoms with van der Waals surface area (Å²) in [5, 5.41) is 50.6. The van der Waals surface area contributed by atoms with Gasteiger partial charge < -0.3 is 44.2 Å². The van der Waals surface area contributed by atoms with Gasteiger partial charge in [-0.15, -0.1) is 0 Å². The number of aliphatic hydroxyl groups excluding tert-OH is 3. The fraction of sp³-hybridized carbons (Fsp3) is 0.304. The van der Waals surface area contributed by atoms with E-state index in [1.807, 2.05) is 0 Å². The molecule has 0 bridgehead atoms. The van der Waals surface area contributed by atoms with Gasteiger partial charge in [0.25, 0.3) is 0 Å². The zero-order valence-electron chi connectivity index (χ0n) is 17.8. The van der Waals surface area contributed by atoms with E-state index in [1.165, 1.54) is 42.7 Å². The van der Waals surface area contributed by atoms with Crippen LogP contribution in [0.1, 0.15) is 6.92 Å². The summed E-state index contributed by atoms with van der Waals surface area (Å²) < 4.78 is 21.3. The number of ether oxygens (including phenoxy) is 3. The summed E-state index contributed by atoms with van der Waals surface area (Å²) in [4.78, 5) is 24.2. The van der Waals surface area contributed by atoms with Crippen molar-refractivity contribution in [3.05, 3.63) is 52.9 Å². The van der Waals surface area contributed by atoms with Crippen LogP contribution in [0.15, 0.2) is 51.9 Å². The maximum absolute atomic E-state index is 13.1. The van der Waals surface area contributed by atoms with Crippen LogP contribution in [0.2, 0.25) is 0 Å². The van der Waals surface area contributed by atoms with Crippen molar-refractivity contribution in [2.45, 2.75) is 37.6 Å². The number of hydrogen-bond acceptors (Lipinski definition) is 11. The van der Waals surface area contributed by atoms with E-state index in [0.29, 0.717) is 5.56 Å². The molecule has 11 nitrogen and oxygen atoms in total. The molecule has 2 aromatic carbocycles. The quantitative estimate of drug-likeness (QED) is 0.328. The van der Waals surface area contributed by atoms with Crippen molar-refractivity contribution in [1.29, 1.82) is 0 Å². The number of fused-ring (bicyclic) bond motifs is 1. The topological polar surface area (TPSA) is 176 Å². The van der Waals surface area contributed by atoms with E-state index in [-0.39, 0.29) is 28.0 Å². The number of phenols is 2. The first-order chi connectivity index (χ1) is 16.2. The number of esters is 1. The van der Waals surface area contributed by atoms with E-state index in [1.54, 1.807) is 0 Å². The van der Waals surface area contributed by atoms with Crippen LogP contribution in [0.4, 0.5) is 0 Å². The molecule has 180 valence electrons. The van der Waals surface area contributed by atoms with Crippen LogP contribution < -0.4 is 10.2 Å². The lowest BCUT2D eigenvalue weighted by Crippen LogP contribution is -2.60. The van der Waals surface area contributed by atoms with Crippen LogP contribution >= 0.6 is 0 Å². The molecule has 2 heterocycles. The normalized spacial score (nSPS) is 24.6. The largest absolute Gasteiger partial charge is 0.508 e. The number of aromatic hydroxyl groups is 2. The van der Waals surface area contributed by atoms with Gasteiger partial charge in [-0.1, -0.05) is 12.1 Å². The SMILES string of the molecule is CC(=O)OC[C@H]1O[C@@H](Oc2ccc3occ(-c4ccc(O)cc4)c(=O)c3c2O)[C@H](O)[C@@H](O)[C@@H]1O. The van der Waals surface area contributed by atoms with Crippen molar-refractivity contribution in [2.75, 3.05) is 6.61 Å². The monoisotopic (exact) mass is 474 g/mol. The molecular formula is C23H22O11. The van der Waals surface area contributed by atoms with Crippen molar-refractivity contribution in [3.63, 3.8) is 0 Å². The van der Waals surface area contributed by atoms with E-state index in [0.717, 1.165) is 6.92 Å². The van der Waals surface area contributed by atoms with Gasteiger partial charge in [0.15, 0.2) is 11.5 Å². The summed E-state index contributed by atoms with van der Waals surface area (Å²) in [6.07, 6.45) is -6.57. The molecule has 0 aliphatic carbocycles. The summed E-state index contributed by atoms with van der Waals surface area (Å²) in [7, 11) is 0. The number of carbonyl (C=O) groups excluding carboxylic acids is 1. The van der Waals surface area contributed by atoms with Gasteiger partial charge in [-0.05, 0) is 29.8 Å². The molecule has 0 amide bonds. The second-order valence-corrected chi connectivity index (χ2v) is 7.75. The smallest absolute Gasteiger partial charge is 0.302 e. The highest BCUT2D eigenvalue weighted by atomic mass is 16.7. The number of phenolic OH excluding ortho intramolecular Hbond substituents is 2. The molecule has 0 radical (unpaired) electrons. The van der Waals surface area contributed by atoms with Gasteiger partial charge >= 0.3 is 5.97 Å². The van der Waals surface area contributed by atoms with Crippen molar-refractivity contribution in [3.8, 4) is 28.4 Å². The fourth-order valence-corrected chi connectivity index (χ4v) is 3.59.